The summed E-state index contributed by atoms with van der Waals surface area (Å²) < 4.78 is 0. The molecular weight excluding hydrogens is 194 g/mol. The predicted octanol–water partition coefficient (Wildman–Crippen LogP) is 4.11. The number of rotatable bonds is 2. The van der Waals surface area contributed by atoms with Gasteiger partial charge in [0.05, 0.1) is 5.52 Å². The minimum atomic E-state index is 1.13. The molecule has 2 aromatic rings. The number of aromatic nitrogens is 1. The van der Waals surface area contributed by atoms with Gasteiger partial charge in [-0.1, -0.05) is 25.5 Å². The van der Waals surface area contributed by atoms with E-state index in [1.807, 2.05) is 0 Å². The molecule has 1 nitrogen and oxygen atoms in total. The van der Waals surface area contributed by atoms with Crippen LogP contribution in [0.4, 0.5) is 0 Å². The zero-order valence-electron chi connectivity index (χ0n) is 10.6. The van der Waals surface area contributed by atoms with E-state index in [0.717, 1.165) is 11.9 Å². The first-order valence-electron chi connectivity index (χ1n) is 6.00. The molecule has 0 atom stereocenters. The number of fused-ring (bicyclic) bond motifs is 1. The number of benzene rings is 1. The highest BCUT2D eigenvalue weighted by Crippen LogP contribution is 2.26. The molecule has 84 valence electrons. The van der Waals surface area contributed by atoms with Crippen LogP contribution in [-0.2, 0) is 6.42 Å². The summed E-state index contributed by atoms with van der Waals surface area (Å²) in [4.78, 5) is 4.72. The second kappa shape index (κ2) is 4.25. The normalized spacial score (nSPS) is 11.0. The van der Waals surface area contributed by atoms with Gasteiger partial charge in [-0.3, -0.25) is 4.98 Å². The van der Waals surface area contributed by atoms with E-state index in [-0.39, 0.29) is 0 Å². The predicted molar refractivity (Wildman–Crippen MR) is 69.9 cm³/mol. The number of pyridine rings is 1. The van der Waals surface area contributed by atoms with E-state index in [4.69, 9.17) is 4.98 Å². The summed E-state index contributed by atoms with van der Waals surface area (Å²) in [5.41, 5.74) is 6.51. The highest BCUT2D eigenvalue weighted by molar-refractivity contribution is 5.86. The summed E-state index contributed by atoms with van der Waals surface area (Å²) >= 11 is 0. The van der Waals surface area contributed by atoms with Gasteiger partial charge in [0.15, 0.2) is 0 Å². The van der Waals surface area contributed by atoms with Crippen LogP contribution in [0.5, 0.6) is 0 Å². The summed E-state index contributed by atoms with van der Waals surface area (Å²) in [5, 5.41) is 1.34. The molecule has 0 amide bonds. The van der Waals surface area contributed by atoms with E-state index in [0.29, 0.717) is 0 Å². The van der Waals surface area contributed by atoms with E-state index in [2.05, 4.69) is 45.9 Å². The molecule has 0 fully saturated rings. The summed E-state index contributed by atoms with van der Waals surface area (Å²) in [6, 6.07) is 6.36. The van der Waals surface area contributed by atoms with Crippen molar-refractivity contribution in [2.45, 2.75) is 40.5 Å². The topological polar surface area (TPSA) is 12.9 Å². The molecular formula is C15H19N. The number of aryl methyl sites for hydroxylation is 3. The van der Waals surface area contributed by atoms with Crippen molar-refractivity contribution in [2.75, 3.05) is 0 Å². The Morgan fingerprint density at radius 1 is 1.12 bits per heavy atom. The molecule has 0 spiro atoms. The third-order valence-corrected chi connectivity index (χ3v) is 3.30. The maximum atomic E-state index is 4.72. The van der Waals surface area contributed by atoms with Crippen molar-refractivity contribution in [3.63, 3.8) is 0 Å². The van der Waals surface area contributed by atoms with Crippen LogP contribution in [0.3, 0.4) is 0 Å². The second-order valence-corrected chi connectivity index (χ2v) is 4.52. The van der Waals surface area contributed by atoms with Crippen molar-refractivity contribution in [1.82, 2.24) is 4.98 Å². The van der Waals surface area contributed by atoms with Gasteiger partial charge in [0, 0.05) is 11.1 Å². The van der Waals surface area contributed by atoms with Crippen LogP contribution in [-0.4, -0.2) is 4.98 Å². The lowest BCUT2D eigenvalue weighted by Gasteiger charge is -2.13. The van der Waals surface area contributed by atoms with Crippen molar-refractivity contribution in [1.29, 1.82) is 0 Å². The van der Waals surface area contributed by atoms with Gasteiger partial charge in [0.25, 0.3) is 0 Å². The van der Waals surface area contributed by atoms with Crippen LogP contribution in [0, 0.1) is 20.8 Å². The number of hydrogen-bond acceptors (Lipinski definition) is 1. The average molecular weight is 213 g/mol. The molecule has 0 aliphatic carbocycles. The first kappa shape index (κ1) is 11.1. The standard InChI is InChI=1S/C15H19N/c1-5-7-13-11(3)15-10(2)8-6-9-14(15)16-12(13)4/h6,8-9H,5,7H2,1-4H3. The molecule has 0 aliphatic rings. The third kappa shape index (κ3) is 1.71. The molecule has 2 rings (SSSR count). The van der Waals surface area contributed by atoms with Gasteiger partial charge in [-0.15, -0.1) is 0 Å². The van der Waals surface area contributed by atoms with E-state index < -0.39 is 0 Å². The van der Waals surface area contributed by atoms with Crippen molar-refractivity contribution < 1.29 is 0 Å². The summed E-state index contributed by atoms with van der Waals surface area (Å²) in [6.07, 6.45) is 2.32. The van der Waals surface area contributed by atoms with Gasteiger partial charge >= 0.3 is 0 Å². The first-order chi connectivity index (χ1) is 7.65. The lowest BCUT2D eigenvalue weighted by Crippen LogP contribution is -1.99. The molecule has 0 saturated heterocycles. The zero-order chi connectivity index (χ0) is 11.7. The summed E-state index contributed by atoms with van der Waals surface area (Å²) in [7, 11) is 0. The highest BCUT2D eigenvalue weighted by Gasteiger charge is 2.09. The SMILES string of the molecule is CCCc1c(C)nc2cccc(C)c2c1C. The molecule has 1 heteroatoms. The fraction of sp³-hybridized carbons (Fsp3) is 0.400. The van der Waals surface area contributed by atoms with Gasteiger partial charge in [-0.05, 0) is 49.9 Å². The third-order valence-electron chi connectivity index (χ3n) is 3.30. The quantitative estimate of drug-likeness (QED) is 0.731. The smallest absolute Gasteiger partial charge is 0.0710 e. The largest absolute Gasteiger partial charge is 0.253 e. The second-order valence-electron chi connectivity index (χ2n) is 4.52. The Labute approximate surface area is 97.5 Å². The maximum Gasteiger partial charge on any atom is 0.0710 e. The van der Waals surface area contributed by atoms with E-state index in [1.54, 1.807) is 0 Å². The fourth-order valence-electron chi connectivity index (χ4n) is 2.52. The minimum absolute atomic E-state index is 1.13. The molecule has 0 radical (unpaired) electrons. The maximum absolute atomic E-state index is 4.72. The Hall–Kier alpha value is -1.37. The molecule has 16 heavy (non-hydrogen) atoms. The average Bonchev–Trinajstić information content (AvgIpc) is 2.24. The molecule has 0 unspecified atom stereocenters. The Morgan fingerprint density at radius 2 is 1.88 bits per heavy atom. The molecule has 1 heterocycles. The fourth-order valence-corrected chi connectivity index (χ4v) is 2.52. The number of hydrogen-bond donors (Lipinski definition) is 0. The lowest BCUT2D eigenvalue weighted by atomic mass is 9.96. The van der Waals surface area contributed by atoms with Crippen molar-refractivity contribution in [3.8, 4) is 0 Å². The molecule has 0 aliphatic heterocycles. The summed E-state index contributed by atoms with van der Waals surface area (Å²) in [6.45, 7) is 8.75. The van der Waals surface area contributed by atoms with Gasteiger partial charge < -0.3 is 0 Å². The van der Waals surface area contributed by atoms with Crippen LogP contribution < -0.4 is 0 Å². The Morgan fingerprint density at radius 3 is 2.56 bits per heavy atom. The molecule has 0 bridgehead atoms. The van der Waals surface area contributed by atoms with Gasteiger partial charge in [-0.2, -0.15) is 0 Å². The summed E-state index contributed by atoms with van der Waals surface area (Å²) in [5.74, 6) is 0. The van der Waals surface area contributed by atoms with E-state index >= 15 is 0 Å². The van der Waals surface area contributed by atoms with Gasteiger partial charge in [0.2, 0.25) is 0 Å². The van der Waals surface area contributed by atoms with Crippen LogP contribution in [0.2, 0.25) is 0 Å². The van der Waals surface area contributed by atoms with Crippen LogP contribution in [0.25, 0.3) is 10.9 Å². The first-order valence-corrected chi connectivity index (χ1v) is 6.00. The Bertz CT molecular complexity index is 526. The number of nitrogens with zero attached hydrogens (tertiary/aromatic N) is 1. The Balaban J connectivity index is 2.80. The van der Waals surface area contributed by atoms with E-state index in [1.165, 1.54) is 34.2 Å². The highest BCUT2D eigenvalue weighted by atomic mass is 14.7. The molecule has 0 N–H and O–H groups in total. The molecule has 1 aromatic heterocycles. The van der Waals surface area contributed by atoms with Crippen LogP contribution >= 0.6 is 0 Å². The Kier molecular flexibility index (Phi) is 2.95. The van der Waals surface area contributed by atoms with Crippen LogP contribution in [0.15, 0.2) is 18.2 Å². The van der Waals surface area contributed by atoms with Crippen molar-refractivity contribution in [3.05, 3.63) is 40.6 Å². The van der Waals surface area contributed by atoms with E-state index in [9.17, 15) is 0 Å². The minimum Gasteiger partial charge on any atom is -0.253 e. The molecule has 1 aromatic carbocycles. The lowest BCUT2D eigenvalue weighted by molar-refractivity contribution is 0.894. The zero-order valence-corrected chi connectivity index (χ0v) is 10.6. The monoisotopic (exact) mass is 213 g/mol. The van der Waals surface area contributed by atoms with Gasteiger partial charge in [0.1, 0.15) is 0 Å². The van der Waals surface area contributed by atoms with Crippen LogP contribution in [0.1, 0.15) is 35.7 Å². The molecule has 0 saturated carbocycles. The van der Waals surface area contributed by atoms with Crippen molar-refractivity contribution >= 4 is 10.9 Å². The van der Waals surface area contributed by atoms with Crippen molar-refractivity contribution in [2.24, 2.45) is 0 Å². The van der Waals surface area contributed by atoms with Gasteiger partial charge in [-0.25, -0.2) is 0 Å².